The van der Waals surface area contributed by atoms with Gasteiger partial charge in [0, 0.05) is 11.1 Å². The number of aromatic nitrogens is 4. The van der Waals surface area contributed by atoms with Crippen LogP contribution in [0.1, 0.15) is 15.2 Å². The van der Waals surface area contributed by atoms with Gasteiger partial charge in [0.05, 0.1) is 19.2 Å². The summed E-state index contributed by atoms with van der Waals surface area (Å²) in [6.45, 7) is 0.539. The Kier molecular flexibility index (Phi) is 5.11. The van der Waals surface area contributed by atoms with Gasteiger partial charge in [0.1, 0.15) is 11.4 Å². The first kappa shape index (κ1) is 17.9. The van der Waals surface area contributed by atoms with Crippen molar-refractivity contribution in [3.63, 3.8) is 0 Å². The number of nitrogens with zero attached hydrogens (tertiary/aromatic N) is 4. The lowest BCUT2D eigenvalue weighted by molar-refractivity contribution is 0.0944. The molecule has 28 heavy (non-hydrogen) atoms. The molecule has 0 saturated heterocycles. The Bertz CT molecular complexity index is 1080. The van der Waals surface area contributed by atoms with Gasteiger partial charge in [-0.25, -0.2) is 0 Å². The van der Waals surface area contributed by atoms with E-state index >= 15 is 0 Å². The molecule has 0 bridgehead atoms. The summed E-state index contributed by atoms with van der Waals surface area (Å²) >= 11 is 1.62. The van der Waals surface area contributed by atoms with E-state index in [1.165, 1.54) is 11.8 Å². The lowest BCUT2D eigenvalue weighted by atomic mass is 10.2. The van der Waals surface area contributed by atoms with Crippen LogP contribution < -0.4 is 10.1 Å². The number of thiophene rings is 1. The van der Waals surface area contributed by atoms with Crippen LogP contribution in [0.15, 0.2) is 66.2 Å². The van der Waals surface area contributed by atoms with Crippen molar-refractivity contribution in [3.05, 3.63) is 76.6 Å². The molecule has 3 heterocycles. The predicted octanol–water partition coefficient (Wildman–Crippen LogP) is 3.71. The van der Waals surface area contributed by atoms with Crippen molar-refractivity contribution >= 4 is 23.2 Å². The Morgan fingerprint density at radius 1 is 1.14 bits per heavy atom. The lowest BCUT2D eigenvalue weighted by Gasteiger charge is -2.09. The van der Waals surface area contributed by atoms with Crippen LogP contribution in [0.3, 0.4) is 0 Å². The molecule has 1 aromatic carbocycles. The van der Waals surface area contributed by atoms with Crippen molar-refractivity contribution in [2.24, 2.45) is 0 Å². The third kappa shape index (κ3) is 3.63. The number of rotatable bonds is 6. The molecule has 0 aliphatic rings. The van der Waals surface area contributed by atoms with Crippen LogP contribution in [-0.4, -0.2) is 32.8 Å². The number of carbonyl (C=O) groups is 1. The molecule has 0 saturated carbocycles. The fourth-order valence-corrected chi connectivity index (χ4v) is 3.33. The highest BCUT2D eigenvalue weighted by molar-refractivity contribution is 7.09. The number of pyridine rings is 1. The second-order valence-corrected chi connectivity index (χ2v) is 6.86. The van der Waals surface area contributed by atoms with Crippen molar-refractivity contribution in [3.8, 4) is 17.3 Å². The molecule has 4 rings (SSSR count). The molecule has 140 valence electrons. The molecule has 3 aromatic heterocycles. The number of ether oxygens (including phenoxy) is 1. The van der Waals surface area contributed by atoms with Crippen LogP contribution in [0.2, 0.25) is 0 Å². The Morgan fingerprint density at radius 2 is 2.00 bits per heavy atom. The fourth-order valence-electron chi connectivity index (χ4n) is 2.69. The Morgan fingerprint density at radius 3 is 2.75 bits per heavy atom. The molecule has 0 aliphatic carbocycles. The van der Waals surface area contributed by atoms with Crippen LogP contribution in [0.25, 0.3) is 11.5 Å². The fraction of sp³-hybridized carbons (Fsp3) is 0.100. The molecule has 0 atom stereocenters. The zero-order valence-electron chi connectivity index (χ0n) is 15.1. The van der Waals surface area contributed by atoms with Crippen LogP contribution >= 0.6 is 11.3 Å². The first-order valence-electron chi connectivity index (χ1n) is 8.58. The average molecular weight is 391 g/mol. The molecule has 0 unspecified atom stereocenters. The van der Waals surface area contributed by atoms with Crippen molar-refractivity contribution in [1.82, 2.24) is 19.7 Å². The van der Waals surface area contributed by atoms with E-state index in [0.717, 1.165) is 4.88 Å². The molecule has 0 radical (unpaired) electrons. The molecule has 0 amide bonds. The minimum Gasteiger partial charge on any atom is -0.496 e. The van der Waals surface area contributed by atoms with E-state index in [0.29, 0.717) is 35.3 Å². The van der Waals surface area contributed by atoms with Crippen molar-refractivity contribution in [2.75, 3.05) is 12.4 Å². The zero-order valence-corrected chi connectivity index (χ0v) is 15.9. The Balaban J connectivity index is 1.73. The van der Waals surface area contributed by atoms with Gasteiger partial charge >= 0.3 is 0 Å². The van der Waals surface area contributed by atoms with E-state index in [1.54, 1.807) is 41.8 Å². The van der Waals surface area contributed by atoms with Gasteiger partial charge in [-0.1, -0.05) is 24.3 Å². The summed E-state index contributed by atoms with van der Waals surface area (Å²) < 4.78 is 6.58. The maximum absolute atomic E-state index is 13.2. The average Bonchev–Trinajstić information content (AvgIpc) is 3.42. The molecule has 0 spiro atoms. The summed E-state index contributed by atoms with van der Waals surface area (Å²) in [4.78, 5) is 23.1. The van der Waals surface area contributed by atoms with E-state index in [2.05, 4.69) is 20.4 Å². The molecular formula is C20H17N5O2S. The van der Waals surface area contributed by atoms with Gasteiger partial charge in [-0.3, -0.25) is 9.78 Å². The number of carbonyl (C=O) groups excluding carboxylic acids is 1. The number of nitrogens with one attached hydrogen (secondary N) is 1. The van der Waals surface area contributed by atoms with Gasteiger partial charge in [0.15, 0.2) is 0 Å². The highest BCUT2D eigenvalue weighted by Gasteiger charge is 2.21. The maximum atomic E-state index is 13.2. The van der Waals surface area contributed by atoms with Crippen LogP contribution in [0.4, 0.5) is 5.95 Å². The summed E-state index contributed by atoms with van der Waals surface area (Å²) in [7, 11) is 1.53. The van der Waals surface area contributed by atoms with Crippen LogP contribution in [0.5, 0.6) is 5.75 Å². The summed E-state index contributed by atoms with van der Waals surface area (Å²) in [6.07, 6.45) is 1.66. The zero-order chi connectivity index (χ0) is 19.3. The second kappa shape index (κ2) is 8.01. The number of para-hydroxylation sites is 1. The van der Waals surface area contributed by atoms with E-state index < -0.39 is 0 Å². The van der Waals surface area contributed by atoms with E-state index in [1.807, 2.05) is 35.7 Å². The quantitative estimate of drug-likeness (QED) is 0.540. The normalized spacial score (nSPS) is 10.6. The third-order valence-corrected chi connectivity index (χ3v) is 4.91. The second-order valence-electron chi connectivity index (χ2n) is 5.82. The highest BCUT2D eigenvalue weighted by Crippen LogP contribution is 2.22. The van der Waals surface area contributed by atoms with Gasteiger partial charge in [-0.15, -0.1) is 16.4 Å². The van der Waals surface area contributed by atoms with Crippen molar-refractivity contribution < 1.29 is 9.53 Å². The van der Waals surface area contributed by atoms with Gasteiger partial charge in [-0.2, -0.15) is 9.67 Å². The minimum absolute atomic E-state index is 0.333. The van der Waals surface area contributed by atoms with Gasteiger partial charge in [-0.05, 0) is 35.7 Å². The SMILES string of the molecule is COc1ccccc1C(=O)n1nc(-c2ccccn2)nc1NCc1cccs1. The number of methoxy groups -OCH3 is 1. The molecule has 8 heteroatoms. The topological polar surface area (TPSA) is 81.9 Å². The molecule has 7 nitrogen and oxygen atoms in total. The maximum Gasteiger partial charge on any atom is 0.285 e. The van der Waals surface area contributed by atoms with E-state index in [-0.39, 0.29) is 5.91 Å². The molecule has 4 aromatic rings. The summed E-state index contributed by atoms with van der Waals surface area (Å²) in [5.41, 5.74) is 0.995. The first-order chi connectivity index (χ1) is 13.8. The largest absolute Gasteiger partial charge is 0.496 e. The van der Waals surface area contributed by atoms with Gasteiger partial charge in [0.2, 0.25) is 11.8 Å². The smallest absolute Gasteiger partial charge is 0.285 e. The Labute approximate surface area is 165 Å². The lowest BCUT2D eigenvalue weighted by Crippen LogP contribution is -2.18. The van der Waals surface area contributed by atoms with Crippen molar-refractivity contribution in [2.45, 2.75) is 6.54 Å². The van der Waals surface area contributed by atoms with Crippen LogP contribution in [0, 0.1) is 0 Å². The number of hydrogen-bond acceptors (Lipinski definition) is 7. The number of benzene rings is 1. The molecule has 0 aliphatic heterocycles. The van der Waals surface area contributed by atoms with Crippen LogP contribution in [-0.2, 0) is 6.54 Å². The van der Waals surface area contributed by atoms with E-state index in [4.69, 9.17) is 4.74 Å². The summed E-state index contributed by atoms with van der Waals surface area (Å²) in [6, 6.07) is 16.5. The third-order valence-electron chi connectivity index (χ3n) is 4.03. The molecular weight excluding hydrogens is 374 g/mol. The summed E-state index contributed by atoms with van der Waals surface area (Å²) in [5.74, 6) is 0.870. The summed E-state index contributed by atoms with van der Waals surface area (Å²) in [5, 5.41) is 9.62. The monoisotopic (exact) mass is 391 g/mol. The van der Waals surface area contributed by atoms with E-state index in [9.17, 15) is 4.79 Å². The first-order valence-corrected chi connectivity index (χ1v) is 9.46. The predicted molar refractivity (Wildman–Crippen MR) is 108 cm³/mol. The minimum atomic E-state index is -0.333. The Hall–Kier alpha value is -3.52. The number of anilines is 1. The van der Waals surface area contributed by atoms with Crippen molar-refractivity contribution in [1.29, 1.82) is 0 Å². The molecule has 0 fully saturated rings. The standard InChI is InChI=1S/C20H17N5O2S/c1-27-17-10-3-2-8-15(17)19(26)25-20(22-13-14-7-6-12-28-14)23-18(24-25)16-9-4-5-11-21-16/h2-12H,13H2,1H3,(H,22,23,24). The van der Waals surface area contributed by atoms with Gasteiger partial charge in [0.25, 0.3) is 5.91 Å². The number of hydrogen-bond donors (Lipinski definition) is 1. The highest BCUT2D eigenvalue weighted by atomic mass is 32.1. The van der Waals surface area contributed by atoms with Gasteiger partial charge < -0.3 is 10.1 Å². The molecule has 1 N–H and O–H groups in total.